The summed E-state index contributed by atoms with van der Waals surface area (Å²) in [5, 5.41) is 20.3. The van der Waals surface area contributed by atoms with Gasteiger partial charge in [0.2, 0.25) is 0 Å². The second kappa shape index (κ2) is 9.20. The molecule has 6 rings (SSSR count). The number of rotatable bonds is 7. The molecular weight excluding hydrogens is 502 g/mol. The summed E-state index contributed by atoms with van der Waals surface area (Å²) < 4.78 is 5.81. The summed E-state index contributed by atoms with van der Waals surface area (Å²) in [5.74, 6) is 2.90. The maximum atomic E-state index is 4.98. The van der Waals surface area contributed by atoms with Gasteiger partial charge in [-0.2, -0.15) is 5.10 Å². The van der Waals surface area contributed by atoms with Crippen molar-refractivity contribution in [3.05, 3.63) is 34.4 Å². The number of aryl methyl sites for hydroxylation is 3. The molecule has 1 aliphatic carbocycles. The van der Waals surface area contributed by atoms with Gasteiger partial charge in [-0.15, -0.1) is 26.6 Å². The first-order valence-corrected chi connectivity index (χ1v) is 14.8. The molecule has 1 unspecified atom stereocenters. The lowest BCUT2D eigenvalue weighted by molar-refractivity contribution is 0.184. The number of thioether (sulfide) groups is 1. The maximum absolute atomic E-state index is 4.98. The predicted molar refractivity (Wildman–Crippen MR) is 148 cm³/mol. The van der Waals surface area contributed by atoms with Gasteiger partial charge in [0.25, 0.3) is 0 Å². The normalized spacial score (nSPS) is 16.2. The number of thiophene rings is 1. The molecule has 37 heavy (non-hydrogen) atoms. The van der Waals surface area contributed by atoms with Crippen molar-refractivity contribution in [3.8, 4) is 11.5 Å². The summed E-state index contributed by atoms with van der Waals surface area (Å²) in [5.41, 5.74) is 4.66. The third kappa shape index (κ3) is 4.16. The SMILES string of the molecule is CCn1c(SCc2nc3c4c5c(sc4ncn3n2)CC(C(C)(C)CC)CC5)nnc1-c1cc(C)n(C)n1. The number of hydrogen-bond donors (Lipinski definition) is 0. The molecule has 5 aromatic heterocycles. The van der Waals surface area contributed by atoms with Crippen LogP contribution in [0, 0.1) is 18.3 Å². The van der Waals surface area contributed by atoms with Gasteiger partial charge in [0.1, 0.15) is 16.9 Å². The Balaban J connectivity index is 1.28. The highest BCUT2D eigenvalue weighted by Crippen LogP contribution is 2.45. The third-order valence-electron chi connectivity index (χ3n) is 8.15. The number of aromatic nitrogens is 9. The molecule has 1 aliphatic rings. The number of nitrogens with zero attached hydrogens (tertiary/aromatic N) is 9. The Labute approximate surface area is 224 Å². The monoisotopic (exact) mass is 535 g/mol. The van der Waals surface area contributed by atoms with E-state index >= 15 is 0 Å². The summed E-state index contributed by atoms with van der Waals surface area (Å²) in [6, 6.07) is 2.04. The van der Waals surface area contributed by atoms with E-state index in [1.54, 1.807) is 11.8 Å². The minimum Gasteiger partial charge on any atom is -0.301 e. The molecule has 0 spiro atoms. The lowest BCUT2D eigenvalue weighted by atomic mass is 9.70. The molecule has 11 heteroatoms. The fraction of sp³-hybridized carbons (Fsp3) is 0.538. The van der Waals surface area contributed by atoms with E-state index in [0.29, 0.717) is 11.2 Å². The van der Waals surface area contributed by atoms with Crippen molar-refractivity contribution in [2.24, 2.45) is 18.4 Å². The van der Waals surface area contributed by atoms with Crippen LogP contribution in [-0.2, 0) is 32.2 Å². The lowest BCUT2D eigenvalue weighted by Crippen LogP contribution is -2.28. The molecule has 5 aromatic rings. The van der Waals surface area contributed by atoms with Gasteiger partial charge in [-0.25, -0.2) is 14.5 Å². The minimum absolute atomic E-state index is 0.365. The Kier molecular flexibility index (Phi) is 6.10. The van der Waals surface area contributed by atoms with Crippen LogP contribution >= 0.6 is 23.1 Å². The van der Waals surface area contributed by atoms with E-state index in [1.165, 1.54) is 28.7 Å². The molecule has 0 amide bonds. The minimum atomic E-state index is 0.365. The molecule has 5 heterocycles. The van der Waals surface area contributed by atoms with E-state index in [0.717, 1.165) is 64.0 Å². The van der Waals surface area contributed by atoms with Crippen molar-refractivity contribution in [1.29, 1.82) is 0 Å². The predicted octanol–water partition coefficient (Wildman–Crippen LogP) is 5.49. The van der Waals surface area contributed by atoms with Crippen LogP contribution in [0.1, 0.15) is 62.5 Å². The zero-order valence-electron chi connectivity index (χ0n) is 22.3. The van der Waals surface area contributed by atoms with Gasteiger partial charge in [-0.05, 0) is 56.1 Å². The summed E-state index contributed by atoms with van der Waals surface area (Å²) in [6.45, 7) is 12.0. The van der Waals surface area contributed by atoms with Gasteiger partial charge < -0.3 is 4.57 Å². The molecule has 0 aromatic carbocycles. The van der Waals surface area contributed by atoms with Gasteiger partial charge in [-0.3, -0.25) is 4.68 Å². The van der Waals surface area contributed by atoms with Crippen molar-refractivity contribution < 1.29 is 0 Å². The van der Waals surface area contributed by atoms with Crippen LogP contribution in [0.4, 0.5) is 0 Å². The van der Waals surface area contributed by atoms with Gasteiger partial charge >= 0.3 is 0 Å². The first-order valence-electron chi connectivity index (χ1n) is 13.0. The summed E-state index contributed by atoms with van der Waals surface area (Å²) in [4.78, 5) is 12.3. The smallest absolute Gasteiger partial charge is 0.191 e. The third-order valence-corrected chi connectivity index (χ3v) is 10.3. The number of fused-ring (bicyclic) bond motifs is 5. The van der Waals surface area contributed by atoms with Crippen LogP contribution < -0.4 is 0 Å². The van der Waals surface area contributed by atoms with Crippen molar-refractivity contribution in [3.63, 3.8) is 0 Å². The average molecular weight is 536 g/mol. The van der Waals surface area contributed by atoms with Gasteiger partial charge in [0, 0.05) is 24.2 Å². The molecule has 0 aliphatic heterocycles. The van der Waals surface area contributed by atoms with E-state index < -0.39 is 0 Å². The Bertz CT molecular complexity index is 1580. The fourth-order valence-electron chi connectivity index (χ4n) is 5.30. The molecule has 0 saturated heterocycles. The van der Waals surface area contributed by atoms with Crippen LogP contribution in [0.25, 0.3) is 27.4 Å². The molecule has 0 bridgehead atoms. The molecule has 9 nitrogen and oxygen atoms in total. The van der Waals surface area contributed by atoms with E-state index in [1.807, 2.05) is 46.9 Å². The van der Waals surface area contributed by atoms with Crippen LogP contribution in [0.15, 0.2) is 17.6 Å². The van der Waals surface area contributed by atoms with Crippen molar-refractivity contribution in [1.82, 2.24) is 44.1 Å². The summed E-state index contributed by atoms with van der Waals surface area (Å²) in [7, 11) is 1.94. The Morgan fingerprint density at radius 3 is 2.76 bits per heavy atom. The first kappa shape index (κ1) is 24.5. The average Bonchev–Trinajstić information content (AvgIpc) is 3.65. The Morgan fingerprint density at radius 2 is 2.03 bits per heavy atom. The van der Waals surface area contributed by atoms with E-state index in [4.69, 9.17) is 15.1 Å². The molecule has 0 radical (unpaired) electrons. The molecule has 0 saturated carbocycles. The van der Waals surface area contributed by atoms with Gasteiger partial charge in [-0.1, -0.05) is 39.0 Å². The first-order chi connectivity index (χ1) is 17.8. The zero-order valence-corrected chi connectivity index (χ0v) is 23.9. The maximum Gasteiger partial charge on any atom is 0.191 e. The second-order valence-electron chi connectivity index (χ2n) is 10.6. The van der Waals surface area contributed by atoms with Crippen LogP contribution in [0.5, 0.6) is 0 Å². The largest absolute Gasteiger partial charge is 0.301 e. The van der Waals surface area contributed by atoms with E-state index in [2.05, 4.69) is 47.6 Å². The standard InChI is InChI=1S/C26H33N9S2/c1-7-26(4,5)16-9-10-17-19(12-16)37-24-21(17)23-28-20(32-35(23)14-27-24)13-36-25-30-29-22(34(25)8-2)18-11-15(3)33(6)31-18/h11,14,16H,7-10,12-13H2,1-6H3. The van der Waals surface area contributed by atoms with Crippen LogP contribution in [0.3, 0.4) is 0 Å². The lowest BCUT2D eigenvalue weighted by Gasteiger charge is -2.36. The Hall–Kier alpha value is -2.79. The van der Waals surface area contributed by atoms with Crippen molar-refractivity contribution in [2.75, 3.05) is 0 Å². The van der Waals surface area contributed by atoms with Crippen molar-refractivity contribution in [2.45, 2.75) is 77.8 Å². The zero-order chi connectivity index (χ0) is 25.9. The summed E-state index contributed by atoms with van der Waals surface area (Å²) in [6.07, 6.45) is 6.48. The molecule has 194 valence electrons. The quantitative estimate of drug-likeness (QED) is 0.254. The van der Waals surface area contributed by atoms with E-state index in [-0.39, 0.29) is 0 Å². The Morgan fingerprint density at radius 1 is 1.19 bits per heavy atom. The highest BCUT2D eigenvalue weighted by atomic mass is 32.2. The molecule has 0 N–H and O–H groups in total. The highest BCUT2D eigenvalue weighted by Gasteiger charge is 2.33. The van der Waals surface area contributed by atoms with E-state index in [9.17, 15) is 0 Å². The van der Waals surface area contributed by atoms with Gasteiger partial charge in [0.15, 0.2) is 22.5 Å². The number of hydrogen-bond acceptors (Lipinski definition) is 8. The second-order valence-corrected chi connectivity index (χ2v) is 12.7. The van der Waals surface area contributed by atoms with Gasteiger partial charge in [0.05, 0.1) is 11.1 Å². The summed E-state index contributed by atoms with van der Waals surface area (Å²) >= 11 is 3.45. The van der Waals surface area contributed by atoms with Crippen LogP contribution in [-0.4, -0.2) is 44.1 Å². The van der Waals surface area contributed by atoms with Crippen molar-refractivity contribution >= 4 is 39.0 Å². The molecular formula is C26H33N9S2. The highest BCUT2D eigenvalue weighted by molar-refractivity contribution is 7.98. The molecule has 1 atom stereocenters. The topological polar surface area (TPSA) is 91.6 Å². The van der Waals surface area contributed by atoms with Crippen LogP contribution in [0.2, 0.25) is 0 Å². The fourth-order valence-corrected chi connectivity index (χ4v) is 7.42. The molecule has 0 fully saturated rings.